The molecule has 22 heavy (non-hydrogen) atoms. The predicted octanol–water partition coefficient (Wildman–Crippen LogP) is 0.747. The first-order valence-electron chi connectivity index (χ1n) is 6.44. The van der Waals surface area contributed by atoms with Gasteiger partial charge in [-0.2, -0.15) is 9.69 Å². The van der Waals surface area contributed by atoms with Crippen LogP contribution in [-0.2, 0) is 33.2 Å². The second-order valence-electron chi connectivity index (χ2n) is 5.27. The molecule has 2 heterocycles. The molecule has 120 valence electrons. The maximum absolute atomic E-state index is 12.0. The van der Waals surface area contributed by atoms with Crippen LogP contribution in [0.1, 0.15) is 33.1 Å². The molecule has 0 saturated carbocycles. The van der Waals surface area contributed by atoms with E-state index >= 15 is 0 Å². The highest BCUT2D eigenvalue weighted by molar-refractivity contribution is 7.42. The highest BCUT2D eigenvalue weighted by atomic mass is 31.1. The van der Waals surface area contributed by atoms with Crippen molar-refractivity contribution in [3.05, 3.63) is 0 Å². The summed E-state index contributed by atoms with van der Waals surface area (Å²) in [4.78, 5) is 52.1. The lowest BCUT2D eigenvalue weighted by Gasteiger charge is -2.30. The van der Waals surface area contributed by atoms with Gasteiger partial charge in [-0.05, 0) is 13.8 Å². The van der Waals surface area contributed by atoms with Crippen LogP contribution in [-0.4, -0.2) is 44.8 Å². The number of carbonyl (C=O) groups is 4. The third kappa shape index (κ3) is 3.55. The number of hydroxylamine groups is 4. The van der Waals surface area contributed by atoms with Gasteiger partial charge < -0.3 is 0 Å². The van der Waals surface area contributed by atoms with E-state index in [1.165, 1.54) is 0 Å². The molecule has 0 spiro atoms. The minimum Gasteiger partial charge on any atom is -0.272 e. The van der Waals surface area contributed by atoms with Gasteiger partial charge >= 0.3 is 8.69 Å². The van der Waals surface area contributed by atoms with Crippen LogP contribution < -0.4 is 0 Å². The zero-order valence-corrected chi connectivity index (χ0v) is 13.8. The molecule has 2 aliphatic rings. The molecule has 2 rings (SSSR count). The lowest BCUT2D eigenvalue weighted by atomic mass is 10.3. The van der Waals surface area contributed by atoms with Crippen LogP contribution >= 0.6 is 17.3 Å². The molecule has 2 saturated heterocycles. The second-order valence-corrected chi connectivity index (χ2v) is 7.77. The van der Waals surface area contributed by atoms with Gasteiger partial charge in [-0.25, -0.2) is 4.57 Å². The Hall–Kier alpha value is -1.27. The average Bonchev–Trinajstić information content (AvgIpc) is 2.86. The molecular weight excluding hydrogens is 334 g/mol. The van der Waals surface area contributed by atoms with Crippen LogP contribution in [0.25, 0.3) is 0 Å². The summed E-state index contributed by atoms with van der Waals surface area (Å²) in [6, 6.07) is 0. The smallest absolute Gasteiger partial charge is 0.272 e. The lowest BCUT2D eigenvalue weighted by molar-refractivity contribution is -0.205. The number of hydrogen-bond donors (Lipinski definition) is 0. The Labute approximate surface area is 129 Å². The largest absolute Gasteiger partial charge is 0.352 e. The molecule has 2 fully saturated rings. The fourth-order valence-corrected chi connectivity index (χ4v) is 3.91. The third-order valence-corrected chi connectivity index (χ3v) is 4.88. The molecule has 2 unspecified atom stereocenters. The summed E-state index contributed by atoms with van der Waals surface area (Å²) < 4.78 is 14.8. The summed E-state index contributed by atoms with van der Waals surface area (Å²) in [6.07, 6.45) is 0.105. The highest BCUT2D eigenvalue weighted by Gasteiger charge is 2.44. The van der Waals surface area contributed by atoms with Crippen molar-refractivity contribution in [2.75, 3.05) is 0 Å². The number of nitrogens with zero attached hydrogens (tertiary/aromatic N) is 2. The predicted molar refractivity (Wildman–Crippen MR) is 73.5 cm³/mol. The van der Waals surface area contributed by atoms with Gasteiger partial charge in [0.1, 0.15) is 5.34 Å². The Morgan fingerprint density at radius 2 is 1.68 bits per heavy atom. The van der Waals surface area contributed by atoms with E-state index in [1.807, 2.05) is 0 Å². The quantitative estimate of drug-likeness (QED) is 0.514. The van der Waals surface area contributed by atoms with Crippen molar-refractivity contribution in [1.29, 1.82) is 0 Å². The summed E-state index contributed by atoms with van der Waals surface area (Å²) in [5.74, 6) is -2.05. The summed E-state index contributed by atoms with van der Waals surface area (Å²) in [7, 11) is -0.986. The Bertz CT molecular complexity index is 535. The second kappa shape index (κ2) is 6.46. The molecule has 2 atom stereocenters. The Morgan fingerprint density at radius 1 is 1.09 bits per heavy atom. The standard InChI is InChI=1S/C11H14N2O7P2/c1-11(2,19-12-7(14)3-4-8(12)15)21-6-5-9(16)13(10(6)17)20-22-18/h6,21H,3-5H2,1-2H3. The fourth-order valence-electron chi connectivity index (χ4n) is 2.17. The van der Waals surface area contributed by atoms with Crippen molar-refractivity contribution in [2.45, 2.75) is 44.1 Å². The summed E-state index contributed by atoms with van der Waals surface area (Å²) >= 11 is 0. The third-order valence-electron chi connectivity index (χ3n) is 3.07. The lowest BCUT2D eigenvalue weighted by Crippen LogP contribution is -2.38. The molecule has 0 radical (unpaired) electrons. The molecule has 0 aromatic rings. The number of amides is 4. The van der Waals surface area contributed by atoms with E-state index in [0.717, 1.165) is 5.06 Å². The first kappa shape index (κ1) is 17.1. The van der Waals surface area contributed by atoms with Crippen LogP contribution in [0.4, 0.5) is 0 Å². The summed E-state index contributed by atoms with van der Waals surface area (Å²) in [5.41, 5.74) is -0.697. The van der Waals surface area contributed by atoms with E-state index in [-0.39, 0.29) is 27.8 Å². The van der Waals surface area contributed by atoms with Crippen molar-refractivity contribution in [1.82, 2.24) is 10.1 Å². The van der Waals surface area contributed by atoms with Crippen LogP contribution in [0.15, 0.2) is 0 Å². The van der Waals surface area contributed by atoms with Gasteiger partial charge in [0.15, 0.2) is 0 Å². The van der Waals surface area contributed by atoms with Gasteiger partial charge in [0, 0.05) is 19.3 Å². The van der Waals surface area contributed by atoms with Crippen LogP contribution in [0.3, 0.4) is 0 Å². The van der Waals surface area contributed by atoms with Gasteiger partial charge in [-0.15, -0.1) is 5.06 Å². The molecule has 0 aromatic heterocycles. The normalized spacial score (nSPS) is 23.8. The van der Waals surface area contributed by atoms with Gasteiger partial charge in [-0.1, -0.05) is 8.58 Å². The first-order chi connectivity index (χ1) is 10.2. The summed E-state index contributed by atoms with van der Waals surface area (Å²) in [6.45, 7) is 3.24. The fraction of sp³-hybridized carbons (Fsp3) is 0.636. The minimum atomic E-state index is -0.985. The number of hydrogen-bond acceptors (Lipinski definition) is 7. The minimum absolute atomic E-state index is 0.0958. The molecule has 11 heteroatoms. The number of carbonyl (C=O) groups excluding carboxylic acids is 4. The topological polar surface area (TPSA) is 110 Å². The Morgan fingerprint density at radius 3 is 2.23 bits per heavy atom. The van der Waals surface area contributed by atoms with Crippen molar-refractivity contribution >= 4 is 40.9 Å². The maximum Gasteiger partial charge on any atom is 0.352 e. The maximum atomic E-state index is 12.0. The zero-order chi connectivity index (χ0) is 16.5. The van der Waals surface area contributed by atoms with E-state index in [1.54, 1.807) is 13.8 Å². The molecule has 0 aliphatic carbocycles. The molecular formula is C11H14N2O7P2. The van der Waals surface area contributed by atoms with Crippen molar-refractivity contribution in [2.24, 2.45) is 0 Å². The van der Waals surface area contributed by atoms with Gasteiger partial charge in [0.05, 0.1) is 5.66 Å². The monoisotopic (exact) mass is 348 g/mol. The molecule has 0 bridgehead atoms. The van der Waals surface area contributed by atoms with Gasteiger partial charge in [0.2, 0.25) is 0 Å². The van der Waals surface area contributed by atoms with E-state index in [4.69, 9.17) is 4.84 Å². The van der Waals surface area contributed by atoms with Gasteiger partial charge in [0.25, 0.3) is 23.6 Å². The molecule has 2 aliphatic heterocycles. The SMILES string of the molecule is CC(C)(ON1C(=O)CCC1=O)PC1CC(=O)N(OP=O)C1=O. The van der Waals surface area contributed by atoms with E-state index in [0.29, 0.717) is 5.06 Å². The molecule has 0 aromatic carbocycles. The molecule has 0 N–H and O–H groups in total. The van der Waals surface area contributed by atoms with Gasteiger partial charge in [-0.3, -0.25) is 24.0 Å². The number of imide groups is 2. The van der Waals surface area contributed by atoms with Crippen molar-refractivity contribution in [3.8, 4) is 0 Å². The van der Waals surface area contributed by atoms with E-state index < -0.39 is 43.3 Å². The average molecular weight is 348 g/mol. The molecule has 9 nitrogen and oxygen atoms in total. The van der Waals surface area contributed by atoms with Crippen LogP contribution in [0.5, 0.6) is 0 Å². The van der Waals surface area contributed by atoms with Crippen molar-refractivity contribution < 1.29 is 33.2 Å². The Balaban J connectivity index is 2.01. The van der Waals surface area contributed by atoms with E-state index in [9.17, 15) is 23.7 Å². The Kier molecular flexibility index (Phi) is 5.02. The first-order valence-corrected chi connectivity index (χ1v) is 8.25. The highest BCUT2D eigenvalue weighted by Crippen LogP contribution is 2.43. The molecule has 4 amide bonds. The van der Waals surface area contributed by atoms with Crippen molar-refractivity contribution in [3.63, 3.8) is 0 Å². The van der Waals surface area contributed by atoms with Crippen LogP contribution in [0.2, 0.25) is 0 Å². The zero-order valence-electron chi connectivity index (χ0n) is 11.9. The summed E-state index contributed by atoms with van der Waals surface area (Å²) in [5, 5.41) is 0.203. The van der Waals surface area contributed by atoms with E-state index in [2.05, 4.69) is 4.62 Å². The number of rotatable bonds is 6. The van der Waals surface area contributed by atoms with Crippen LogP contribution in [0, 0.1) is 0 Å².